The van der Waals surface area contributed by atoms with Crippen LogP contribution in [0, 0.1) is 0 Å². The van der Waals surface area contributed by atoms with Gasteiger partial charge in [-0.1, -0.05) is 29.9 Å². The molecule has 0 aliphatic rings. The standard InChI is InChI=1S/C6H7NS3/c8-10-9-7-6-4-2-1-3-5-6/h1-5,7-8H. The molecule has 0 amide bonds. The molecule has 0 atom stereocenters. The molecule has 10 heavy (non-hydrogen) atoms. The van der Waals surface area contributed by atoms with E-state index in [0.29, 0.717) is 0 Å². The van der Waals surface area contributed by atoms with Crippen molar-refractivity contribution in [2.45, 2.75) is 0 Å². The van der Waals surface area contributed by atoms with Gasteiger partial charge >= 0.3 is 0 Å². The molecule has 0 aromatic heterocycles. The molecule has 0 heterocycles. The van der Waals surface area contributed by atoms with Crippen LogP contribution < -0.4 is 4.72 Å². The summed E-state index contributed by atoms with van der Waals surface area (Å²) in [7, 11) is 2.89. The highest BCUT2D eigenvalue weighted by Crippen LogP contribution is 2.25. The van der Waals surface area contributed by atoms with Crippen molar-refractivity contribution in [1.82, 2.24) is 0 Å². The third-order valence-corrected chi connectivity index (χ3v) is 2.51. The van der Waals surface area contributed by atoms with Gasteiger partial charge in [-0.05, 0) is 22.0 Å². The van der Waals surface area contributed by atoms with Crippen LogP contribution in [0.4, 0.5) is 5.69 Å². The molecule has 0 aliphatic heterocycles. The van der Waals surface area contributed by atoms with Gasteiger partial charge in [-0.15, -0.1) is 0 Å². The Morgan fingerprint density at radius 2 is 1.90 bits per heavy atom. The first-order chi connectivity index (χ1) is 4.93. The summed E-state index contributed by atoms with van der Waals surface area (Å²) in [6.45, 7) is 0. The smallest absolute Gasteiger partial charge is 0.0448 e. The predicted octanol–water partition coefficient (Wildman–Crippen LogP) is 3.24. The van der Waals surface area contributed by atoms with Crippen molar-refractivity contribution >= 4 is 38.2 Å². The quantitative estimate of drug-likeness (QED) is 0.430. The summed E-state index contributed by atoms with van der Waals surface area (Å²) in [5, 5.41) is 0. The molecule has 0 saturated carbocycles. The average Bonchev–Trinajstić information content (AvgIpc) is 2.03. The Balaban J connectivity index is 2.43. The highest BCUT2D eigenvalue weighted by Gasteiger charge is 1.86. The first-order valence-corrected chi connectivity index (χ1v) is 5.92. The fourth-order valence-electron chi connectivity index (χ4n) is 0.573. The van der Waals surface area contributed by atoms with Crippen molar-refractivity contribution in [2.24, 2.45) is 0 Å². The van der Waals surface area contributed by atoms with Gasteiger partial charge in [0.1, 0.15) is 0 Å². The molecule has 1 N–H and O–H groups in total. The maximum atomic E-state index is 3.97. The van der Waals surface area contributed by atoms with Gasteiger partial charge in [0.25, 0.3) is 0 Å². The van der Waals surface area contributed by atoms with Crippen LogP contribution in [-0.4, -0.2) is 0 Å². The summed E-state index contributed by atoms with van der Waals surface area (Å²) in [6.07, 6.45) is 0. The van der Waals surface area contributed by atoms with Crippen LogP contribution in [0.3, 0.4) is 0 Å². The van der Waals surface area contributed by atoms with E-state index >= 15 is 0 Å². The zero-order valence-corrected chi connectivity index (χ0v) is 7.68. The molecule has 0 spiro atoms. The summed E-state index contributed by atoms with van der Waals surface area (Å²) in [4.78, 5) is 0. The molecule has 1 nitrogen and oxygen atoms in total. The molecule has 1 aromatic carbocycles. The summed E-state index contributed by atoms with van der Waals surface area (Å²) < 4.78 is 3.10. The van der Waals surface area contributed by atoms with Gasteiger partial charge in [0, 0.05) is 16.7 Å². The normalized spacial score (nSPS) is 9.30. The third-order valence-electron chi connectivity index (χ3n) is 0.971. The zero-order valence-electron chi connectivity index (χ0n) is 5.15. The maximum Gasteiger partial charge on any atom is 0.0448 e. The lowest BCUT2D eigenvalue weighted by Gasteiger charge is -1.99. The first kappa shape index (κ1) is 8.17. The Labute approximate surface area is 73.3 Å². The molecule has 1 rings (SSSR count). The summed E-state index contributed by atoms with van der Waals surface area (Å²) in [5.74, 6) is 0. The largest absolute Gasteiger partial charge is 0.320 e. The molecule has 4 heteroatoms. The molecular weight excluding hydrogens is 182 g/mol. The third kappa shape index (κ3) is 2.77. The Kier molecular flexibility index (Phi) is 3.94. The van der Waals surface area contributed by atoms with Gasteiger partial charge in [-0.3, -0.25) is 0 Å². The second-order valence-electron chi connectivity index (χ2n) is 1.63. The number of para-hydroxylation sites is 1. The van der Waals surface area contributed by atoms with E-state index in [9.17, 15) is 0 Å². The van der Waals surface area contributed by atoms with Gasteiger partial charge < -0.3 is 4.72 Å². The van der Waals surface area contributed by atoms with E-state index in [4.69, 9.17) is 0 Å². The number of hydrogen-bond donors (Lipinski definition) is 2. The fourth-order valence-corrected chi connectivity index (χ4v) is 1.58. The number of benzene rings is 1. The average molecular weight is 189 g/mol. The van der Waals surface area contributed by atoms with Gasteiger partial charge in [-0.25, -0.2) is 0 Å². The van der Waals surface area contributed by atoms with Crippen molar-refractivity contribution in [2.75, 3.05) is 4.72 Å². The molecular formula is C6H7NS3. The first-order valence-electron chi connectivity index (χ1n) is 2.71. The van der Waals surface area contributed by atoms with Gasteiger partial charge in [-0.2, -0.15) is 0 Å². The van der Waals surface area contributed by atoms with Crippen molar-refractivity contribution in [1.29, 1.82) is 0 Å². The van der Waals surface area contributed by atoms with E-state index < -0.39 is 0 Å². The van der Waals surface area contributed by atoms with Crippen molar-refractivity contribution in [3.8, 4) is 0 Å². The summed E-state index contributed by atoms with van der Waals surface area (Å²) in [6, 6.07) is 10.00. The summed E-state index contributed by atoms with van der Waals surface area (Å²) in [5.41, 5.74) is 1.11. The van der Waals surface area contributed by atoms with Crippen LogP contribution in [0.25, 0.3) is 0 Å². The van der Waals surface area contributed by atoms with Gasteiger partial charge in [0.15, 0.2) is 0 Å². The lowest BCUT2D eigenvalue weighted by Crippen LogP contribution is -1.79. The van der Waals surface area contributed by atoms with Crippen LogP contribution >= 0.6 is 32.5 Å². The minimum Gasteiger partial charge on any atom is -0.320 e. The minimum absolute atomic E-state index is 1.11. The molecule has 0 saturated heterocycles. The fraction of sp³-hybridized carbons (Fsp3) is 0. The second-order valence-corrected chi connectivity index (χ2v) is 4.43. The van der Waals surface area contributed by atoms with Crippen molar-refractivity contribution < 1.29 is 0 Å². The van der Waals surface area contributed by atoms with Crippen LogP contribution in [0.5, 0.6) is 0 Å². The zero-order chi connectivity index (χ0) is 7.23. The molecule has 0 unspecified atom stereocenters. The predicted molar refractivity (Wildman–Crippen MR) is 54.2 cm³/mol. The van der Waals surface area contributed by atoms with E-state index in [2.05, 4.69) is 16.4 Å². The number of nitrogens with one attached hydrogen (secondary N) is 1. The second kappa shape index (κ2) is 4.82. The molecule has 1 aromatic rings. The number of anilines is 1. The van der Waals surface area contributed by atoms with E-state index in [1.807, 2.05) is 30.3 Å². The van der Waals surface area contributed by atoms with E-state index in [1.165, 1.54) is 20.8 Å². The Morgan fingerprint density at radius 1 is 1.20 bits per heavy atom. The van der Waals surface area contributed by atoms with Crippen molar-refractivity contribution in [3.05, 3.63) is 30.3 Å². The topological polar surface area (TPSA) is 12.0 Å². The van der Waals surface area contributed by atoms with Crippen LogP contribution in [0.15, 0.2) is 30.3 Å². The number of thiol groups is 1. The maximum absolute atomic E-state index is 3.97. The highest BCUT2D eigenvalue weighted by atomic mass is 33.5. The minimum atomic E-state index is 1.11. The Bertz CT molecular complexity index is 178. The lowest BCUT2D eigenvalue weighted by atomic mass is 10.3. The van der Waals surface area contributed by atoms with E-state index in [0.717, 1.165) is 5.69 Å². The molecule has 0 aliphatic carbocycles. The molecule has 0 bridgehead atoms. The molecule has 0 fully saturated rings. The van der Waals surface area contributed by atoms with Crippen LogP contribution in [-0.2, 0) is 0 Å². The number of hydrogen-bond acceptors (Lipinski definition) is 4. The van der Waals surface area contributed by atoms with Gasteiger partial charge in [0.05, 0.1) is 0 Å². The van der Waals surface area contributed by atoms with E-state index in [1.54, 1.807) is 0 Å². The summed E-state index contributed by atoms with van der Waals surface area (Å²) >= 11 is 3.97. The van der Waals surface area contributed by atoms with Crippen LogP contribution in [0.2, 0.25) is 0 Å². The van der Waals surface area contributed by atoms with Gasteiger partial charge in [0.2, 0.25) is 0 Å². The Hall–Kier alpha value is 0.0700. The lowest BCUT2D eigenvalue weighted by molar-refractivity contribution is 1.69. The van der Waals surface area contributed by atoms with Crippen molar-refractivity contribution in [3.63, 3.8) is 0 Å². The highest BCUT2D eigenvalue weighted by molar-refractivity contribution is 9.05. The SMILES string of the molecule is SSSNc1ccccc1. The Morgan fingerprint density at radius 3 is 2.50 bits per heavy atom. The molecule has 0 radical (unpaired) electrons. The van der Waals surface area contributed by atoms with Crippen LogP contribution in [0.1, 0.15) is 0 Å². The monoisotopic (exact) mass is 189 g/mol. The number of rotatable bonds is 3. The molecule has 54 valence electrons. The van der Waals surface area contributed by atoms with E-state index in [-0.39, 0.29) is 0 Å².